The lowest BCUT2D eigenvalue weighted by molar-refractivity contribution is -0.870. The molecule has 0 rings (SSSR count). The predicted molar refractivity (Wildman–Crippen MR) is 342 cm³/mol. The van der Waals surface area contributed by atoms with E-state index >= 15 is 0 Å². The van der Waals surface area contributed by atoms with Crippen molar-refractivity contribution >= 4 is 19.7 Å². The van der Waals surface area contributed by atoms with Crippen LogP contribution in [0.15, 0.2) is 36.5 Å². The number of hydrogen-bond acceptors (Lipinski definition) is 6. The zero-order valence-electron chi connectivity index (χ0n) is 53.4. The minimum Gasteiger partial charge on any atom is -0.456 e. The third kappa shape index (κ3) is 60.6. The largest absolute Gasteiger partial charge is 0.472 e. The van der Waals surface area contributed by atoms with Gasteiger partial charge in [0.05, 0.1) is 33.8 Å². The summed E-state index contributed by atoms with van der Waals surface area (Å²) in [5, 5.41) is 3.07. The van der Waals surface area contributed by atoms with Gasteiger partial charge in [-0.15, -0.1) is 0 Å². The molecular weight excluding hydrogens is 1000 g/mol. The molecule has 2 N–H and O–H groups in total. The van der Waals surface area contributed by atoms with Crippen molar-refractivity contribution < 1.29 is 37.3 Å². The van der Waals surface area contributed by atoms with Gasteiger partial charge in [-0.1, -0.05) is 302 Å². The van der Waals surface area contributed by atoms with Gasteiger partial charge < -0.3 is 19.4 Å². The van der Waals surface area contributed by atoms with Gasteiger partial charge >= 0.3 is 13.8 Å². The van der Waals surface area contributed by atoms with E-state index in [1.807, 2.05) is 33.3 Å². The lowest BCUT2D eigenvalue weighted by Gasteiger charge is -2.27. The molecule has 0 saturated heterocycles. The van der Waals surface area contributed by atoms with Crippen LogP contribution in [-0.2, 0) is 27.9 Å². The first kappa shape index (κ1) is 77.2. The third-order valence-corrected chi connectivity index (χ3v) is 16.6. The smallest absolute Gasteiger partial charge is 0.456 e. The standard InChI is InChI=1S/C69H133N2O7P/c1-7-10-13-16-19-22-25-27-29-31-33-35-37-39-41-43-46-49-52-55-58-61-68(72)70-66(65-77-79(74,75)76-64-63-71(4,5)6)67(60-57-54-51-48-45-24-21-18-15-12-9-3)78-69(73)62-59-56-53-50-47-44-42-40-38-36-34-32-30-28-26-23-20-17-14-11-8-2/h19,22,27,29,57,60,66-67H,7-18,20-21,23-26,28,30-56,58-59,61-65H2,1-6H3,(H-,70,72,74,75)/p+1/b22-19-,29-27-,60-57+. The highest BCUT2D eigenvalue weighted by Crippen LogP contribution is 2.43. The number of carbonyl (C=O) groups is 2. The van der Waals surface area contributed by atoms with Crippen molar-refractivity contribution in [3.63, 3.8) is 0 Å². The van der Waals surface area contributed by atoms with E-state index in [1.165, 1.54) is 244 Å². The van der Waals surface area contributed by atoms with Crippen molar-refractivity contribution in [1.82, 2.24) is 5.32 Å². The number of esters is 1. The highest BCUT2D eigenvalue weighted by atomic mass is 31.2. The average molecular weight is 1130 g/mol. The fourth-order valence-corrected chi connectivity index (χ4v) is 11.0. The lowest BCUT2D eigenvalue weighted by Crippen LogP contribution is -2.47. The van der Waals surface area contributed by atoms with E-state index in [2.05, 4.69) is 50.4 Å². The summed E-state index contributed by atoms with van der Waals surface area (Å²) >= 11 is 0. The van der Waals surface area contributed by atoms with E-state index in [0.717, 1.165) is 64.2 Å². The Balaban J connectivity index is 5.06. The summed E-state index contributed by atoms with van der Waals surface area (Å²) < 4.78 is 30.8. The summed E-state index contributed by atoms with van der Waals surface area (Å²) in [6.07, 6.45) is 72.9. The maximum atomic E-state index is 13.6. The van der Waals surface area contributed by atoms with Crippen molar-refractivity contribution in [2.45, 2.75) is 354 Å². The fraction of sp³-hybridized carbons (Fsp3) is 0.884. The summed E-state index contributed by atoms with van der Waals surface area (Å²) in [7, 11) is 1.51. The quantitative estimate of drug-likeness (QED) is 0.0205. The van der Waals surface area contributed by atoms with Crippen molar-refractivity contribution in [3.8, 4) is 0 Å². The number of ether oxygens (including phenoxy) is 1. The molecule has 0 aliphatic rings. The molecule has 466 valence electrons. The molecule has 0 aromatic carbocycles. The Bertz CT molecular complexity index is 1450. The minimum absolute atomic E-state index is 0.0425. The first-order chi connectivity index (χ1) is 38.4. The number of phosphoric ester groups is 1. The molecule has 10 heteroatoms. The summed E-state index contributed by atoms with van der Waals surface area (Å²) in [6.45, 7) is 7.04. The van der Waals surface area contributed by atoms with Gasteiger partial charge in [-0.05, 0) is 63.9 Å². The van der Waals surface area contributed by atoms with Crippen LogP contribution in [0.4, 0.5) is 0 Å². The summed E-state index contributed by atoms with van der Waals surface area (Å²) in [5.74, 6) is -0.490. The second-order valence-corrected chi connectivity index (χ2v) is 26.2. The topological polar surface area (TPSA) is 111 Å². The van der Waals surface area contributed by atoms with Crippen molar-refractivity contribution in [1.29, 1.82) is 0 Å². The fourth-order valence-electron chi connectivity index (χ4n) is 10.3. The van der Waals surface area contributed by atoms with Gasteiger partial charge in [0.15, 0.2) is 0 Å². The molecule has 0 saturated carbocycles. The van der Waals surface area contributed by atoms with Crippen LogP contribution in [-0.4, -0.2) is 74.3 Å². The molecule has 0 aromatic heterocycles. The SMILES string of the molecule is CCCCC/C=C\C/C=C\CCCCCCCCCCCCCC(=O)NC(COP(=O)(O)OCC[N+](C)(C)C)C(/C=C/CCCCCCCCCCC)OC(=O)CCCCCCCCCCCCCCCCCCCCCCC. The zero-order valence-corrected chi connectivity index (χ0v) is 54.3. The van der Waals surface area contributed by atoms with E-state index in [4.69, 9.17) is 13.8 Å². The number of unbranched alkanes of at least 4 members (excludes halogenated alkanes) is 43. The lowest BCUT2D eigenvalue weighted by atomic mass is 10.0. The number of nitrogens with zero attached hydrogens (tertiary/aromatic N) is 1. The second-order valence-electron chi connectivity index (χ2n) is 24.7. The Kier molecular flexibility index (Phi) is 58.1. The van der Waals surface area contributed by atoms with Crippen LogP contribution < -0.4 is 5.32 Å². The van der Waals surface area contributed by atoms with Gasteiger partial charge in [0.1, 0.15) is 19.3 Å². The molecule has 1 amide bonds. The molecule has 0 radical (unpaired) electrons. The highest BCUT2D eigenvalue weighted by Gasteiger charge is 2.30. The maximum Gasteiger partial charge on any atom is 0.472 e. The van der Waals surface area contributed by atoms with Gasteiger partial charge in [-0.25, -0.2) is 4.57 Å². The highest BCUT2D eigenvalue weighted by molar-refractivity contribution is 7.47. The summed E-state index contributed by atoms with van der Waals surface area (Å²) in [4.78, 5) is 37.8. The average Bonchev–Trinajstić information content (AvgIpc) is 3.41. The number of quaternary nitrogens is 1. The molecule has 0 aromatic rings. The Hall–Kier alpha value is -1.77. The first-order valence-electron chi connectivity index (χ1n) is 34.3. The summed E-state index contributed by atoms with van der Waals surface area (Å²) in [6, 6.07) is -0.846. The van der Waals surface area contributed by atoms with Crippen molar-refractivity contribution in [2.75, 3.05) is 40.9 Å². The van der Waals surface area contributed by atoms with Crippen LogP contribution >= 0.6 is 7.82 Å². The Morgan fingerprint density at radius 1 is 0.443 bits per heavy atom. The number of likely N-dealkylation sites (N-methyl/N-ethyl adjacent to an activating group) is 1. The van der Waals surface area contributed by atoms with Crippen LogP contribution in [0.1, 0.15) is 342 Å². The molecule has 0 bridgehead atoms. The van der Waals surface area contributed by atoms with Crippen LogP contribution in [0.3, 0.4) is 0 Å². The molecular formula is C69H134N2O7P+. The Morgan fingerprint density at radius 2 is 0.772 bits per heavy atom. The normalized spacial score (nSPS) is 13.8. The number of rotatable bonds is 63. The minimum atomic E-state index is -4.45. The van der Waals surface area contributed by atoms with Crippen LogP contribution in [0, 0.1) is 0 Å². The van der Waals surface area contributed by atoms with Gasteiger partial charge in [0.2, 0.25) is 5.91 Å². The van der Waals surface area contributed by atoms with Gasteiger partial charge in [0.25, 0.3) is 0 Å². The van der Waals surface area contributed by atoms with Crippen molar-refractivity contribution in [2.24, 2.45) is 0 Å². The van der Waals surface area contributed by atoms with E-state index in [-0.39, 0.29) is 25.1 Å². The maximum absolute atomic E-state index is 13.6. The number of allylic oxidation sites excluding steroid dienone is 5. The molecule has 0 heterocycles. The Morgan fingerprint density at radius 3 is 1.16 bits per heavy atom. The molecule has 0 fully saturated rings. The molecule has 79 heavy (non-hydrogen) atoms. The third-order valence-electron chi connectivity index (χ3n) is 15.6. The molecule has 3 unspecified atom stereocenters. The predicted octanol–water partition coefficient (Wildman–Crippen LogP) is 21.5. The van der Waals surface area contributed by atoms with Gasteiger partial charge in [-0.2, -0.15) is 0 Å². The monoisotopic (exact) mass is 1130 g/mol. The molecule has 0 aliphatic heterocycles. The molecule has 9 nitrogen and oxygen atoms in total. The van der Waals surface area contributed by atoms with E-state index in [0.29, 0.717) is 23.9 Å². The molecule has 3 atom stereocenters. The van der Waals surface area contributed by atoms with Crippen LogP contribution in [0.25, 0.3) is 0 Å². The number of phosphoric acid groups is 1. The molecule has 0 spiro atoms. The van der Waals surface area contributed by atoms with Gasteiger partial charge in [0, 0.05) is 12.8 Å². The van der Waals surface area contributed by atoms with E-state index in [1.54, 1.807) is 0 Å². The molecule has 0 aliphatic carbocycles. The van der Waals surface area contributed by atoms with Crippen LogP contribution in [0.2, 0.25) is 0 Å². The van der Waals surface area contributed by atoms with Gasteiger partial charge in [-0.3, -0.25) is 18.6 Å². The van der Waals surface area contributed by atoms with Crippen molar-refractivity contribution in [3.05, 3.63) is 36.5 Å². The number of carbonyl (C=O) groups excluding carboxylic acids is 2. The van der Waals surface area contributed by atoms with E-state index in [9.17, 15) is 19.0 Å². The Labute approximate surface area is 491 Å². The first-order valence-corrected chi connectivity index (χ1v) is 35.8. The number of amides is 1. The van der Waals surface area contributed by atoms with E-state index < -0.39 is 20.0 Å². The summed E-state index contributed by atoms with van der Waals surface area (Å²) in [5.41, 5.74) is 0. The van der Waals surface area contributed by atoms with Crippen LogP contribution in [0.5, 0.6) is 0 Å². The number of hydrogen-bond donors (Lipinski definition) is 2. The second kappa shape index (κ2) is 59.4. The zero-order chi connectivity index (χ0) is 57.9. The number of nitrogens with one attached hydrogen (secondary N) is 1.